The summed E-state index contributed by atoms with van der Waals surface area (Å²) in [6.07, 6.45) is 0.875. The van der Waals surface area contributed by atoms with Crippen molar-refractivity contribution in [3.8, 4) is 0 Å². The number of esters is 1. The number of carbonyl (C=O) groups is 1. The van der Waals surface area contributed by atoms with E-state index in [2.05, 4.69) is 6.92 Å². The second-order valence-electron chi connectivity index (χ2n) is 2.89. The minimum Gasteiger partial charge on any atom is -0.466 e. The highest BCUT2D eigenvalue weighted by Gasteiger charge is 2.02. The summed E-state index contributed by atoms with van der Waals surface area (Å²) >= 11 is 0. The van der Waals surface area contributed by atoms with E-state index < -0.39 is 0 Å². The Labute approximate surface area is 74.0 Å². The molecule has 0 saturated carbocycles. The van der Waals surface area contributed by atoms with Crippen molar-refractivity contribution in [1.82, 2.24) is 0 Å². The lowest BCUT2D eigenvalue weighted by Crippen LogP contribution is -2.10. The van der Waals surface area contributed by atoms with Crippen LogP contribution in [-0.2, 0) is 14.3 Å². The molecule has 0 amide bonds. The average Bonchev–Trinajstić information content (AvgIpc) is 2.00. The van der Waals surface area contributed by atoms with E-state index in [1.54, 1.807) is 0 Å². The van der Waals surface area contributed by atoms with Crippen molar-refractivity contribution in [2.45, 2.75) is 27.2 Å². The Kier molecular flexibility index (Phi) is 6.76. The topological polar surface area (TPSA) is 35.5 Å². The molecule has 0 spiro atoms. The summed E-state index contributed by atoms with van der Waals surface area (Å²) < 4.78 is 10.0. The van der Waals surface area contributed by atoms with Crippen LogP contribution in [-0.4, -0.2) is 25.8 Å². The molecule has 3 nitrogen and oxygen atoms in total. The smallest absolute Gasteiger partial charge is 0.302 e. The summed E-state index contributed by atoms with van der Waals surface area (Å²) in [6.45, 7) is 7.48. The maximum Gasteiger partial charge on any atom is 0.302 e. The van der Waals surface area contributed by atoms with Crippen LogP contribution < -0.4 is 0 Å². The normalized spacial score (nSPS) is 12.6. The molecule has 0 heterocycles. The fraction of sp³-hybridized carbons (Fsp3) is 0.889. The molecule has 0 bridgehead atoms. The van der Waals surface area contributed by atoms with Gasteiger partial charge in [0.2, 0.25) is 0 Å². The first kappa shape index (κ1) is 11.4. The van der Waals surface area contributed by atoms with Gasteiger partial charge in [-0.25, -0.2) is 0 Å². The molecule has 1 atom stereocenters. The zero-order valence-corrected chi connectivity index (χ0v) is 8.13. The van der Waals surface area contributed by atoms with E-state index in [0.29, 0.717) is 12.5 Å². The van der Waals surface area contributed by atoms with Crippen LogP contribution in [0.2, 0.25) is 0 Å². The number of hydrogen-bond donors (Lipinski definition) is 0. The third kappa shape index (κ3) is 7.54. The Morgan fingerprint density at radius 1 is 1.50 bits per heavy atom. The molecule has 0 radical (unpaired) electrons. The van der Waals surface area contributed by atoms with Gasteiger partial charge in [0.05, 0.1) is 6.61 Å². The molecule has 0 aromatic carbocycles. The molecular weight excluding hydrogens is 156 g/mol. The minimum absolute atomic E-state index is 0.210. The van der Waals surface area contributed by atoms with Gasteiger partial charge in [0, 0.05) is 20.1 Å². The molecule has 0 aliphatic rings. The maximum absolute atomic E-state index is 10.4. The molecule has 0 aromatic rings. The first-order chi connectivity index (χ1) is 5.66. The molecule has 1 unspecified atom stereocenters. The van der Waals surface area contributed by atoms with E-state index >= 15 is 0 Å². The SMILES string of the molecule is CCOCC(C)CCOC(C)=O. The Morgan fingerprint density at radius 2 is 2.17 bits per heavy atom. The highest BCUT2D eigenvalue weighted by molar-refractivity contribution is 5.65. The highest BCUT2D eigenvalue weighted by atomic mass is 16.5. The molecule has 0 aliphatic carbocycles. The molecule has 0 aromatic heterocycles. The highest BCUT2D eigenvalue weighted by Crippen LogP contribution is 2.02. The van der Waals surface area contributed by atoms with Crippen LogP contribution >= 0.6 is 0 Å². The van der Waals surface area contributed by atoms with Crippen molar-refractivity contribution in [3.63, 3.8) is 0 Å². The predicted octanol–water partition coefficient (Wildman–Crippen LogP) is 1.61. The van der Waals surface area contributed by atoms with Gasteiger partial charge in [-0.1, -0.05) is 6.92 Å². The summed E-state index contributed by atoms with van der Waals surface area (Å²) in [5.74, 6) is 0.253. The third-order valence-corrected chi connectivity index (χ3v) is 1.52. The standard InChI is InChI=1S/C9H18O3/c1-4-11-7-8(2)5-6-12-9(3)10/h8H,4-7H2,1-3H3. The molecule has 12 heavy (non-hydrogen) atoms. The van der Waals surface area contributed by atoms with E-state index in [4.69, 9.17) is 9.47 Å². The zero-order valence-electron chi connectivity index (χ0n) is 8.13. The Bertz CT molecular complexity index is 123. The molecule has 0 rings (SSSR count). The predicted molar refractivity (Wildman–Crippen MR) is 46.9 cm³/mol. The van der Waals surface area contributed by atoms with Gasteiger partial charge >= 0.3 is 5.97 Å². The number of ether oxygens (including phenoxy) is 2. The van der Waals surface area contributed by atoms with Gasteiger partial charge < -0.3 is 9.47 Å². The summed E-state index contributed by atoms with van der Waals surface area (Å²) in [7, 11) is 0. The van der Waals surface area contributed by atoms with Gasteiger partial charge in [-0.2, -0.15) is 0 Å². The van der Waals surface area contributed by atoms with Gasteiger partial charge in [0.1, 0.15) is 0 Å². The average molecular weight is 174 g/mol. The third-order valence-electron chi connectivity index (χ3n) is 1.52. The number of carbonyl (C=O) groups excluding carboxylic acids is 1. The Morgan fingerprint density at radius 3 is 2.67 bits per heavy atom. The fourth-order valence-electron chi connectivity index (χ4n) is 0.806. The molecular formula is C9H18O3. The van der Waals surface area contributed by atoms with Crippen LogP contribution in [0.3, 0.4) is 0 Å². The summed E-state index contributed by atoms with van der Waals surface area (Å²) in [6, 6.07) is 0. The monoisotopic (exact) mass is 174 g/mol. The van der Waals surface area contributed by atoms with Crippen LogP contribution in [0.25, 0.3) is 0 Å². The fourth-order valence-corrected chi connectivity index (χ4v) is 0.806. The van der Waals surface area contributed by atoms with E-state index in [-0.39, 0.29) is 5.97 Å². The minimum atomic E-state index is -0.210. The second kappa shape index (κ2) is 7.10. The number of hydrogen-bond acceptors (Lipinski definition) is 3. The van der Waals surface area contributed by atoms with Crippen LogP contribution in [0.5, 0.6) is 0 Å². The lowest BCUT2D eigenvalue weighted by atomic mass is 10.1. The first-order valence-corrected chi connectivity index (χ1v) is 4.38. The van der Waals surface area contributed by atoms with Crippen molar-refractivity contribution in [2.24, 2.45) is 5.92 Å². The molecule has 0 aliphatic heterocycles. The van der Waals surface area contributed by atoms with Gasteiger partial charge in [-0.05, 0) is 19.3 Å². The maximum atomic E-state index is 10.4. The van der Waals surface area contributed by atoms with E-state index in [1.807, 2.05) is 6.92 Å². The van der Waals surface area contributed by atoms with E-state index in [0.717, 1.165) is 19.6 Å². The van der Waals surface area contributed by atoms with Gasteiger partial charge in [0.15, 0.2) is 0 Å². The van der Waals surface area contributed by atoms with Crippen molar-refractivity contribution in [2.75, 3.05) is 19.8 Å². The second-order valence-corrected chi connectivity index (χ2v) is 2.89. The van der Waals surface area contributed by atoms with Crippen molar-refractivity contribution >= 4 is 5.97 Å². The molecule has 0 N–H and O–H groups in total. The first-order valence-electron chi connectivity index (χ1n) is 4.38. The Hall–Kier alpha value is -0.570. The van der Waals surface area contributed by atoms with Gasteiger partial charge in [0.25, 0.3) is 0 Å². The van der Waals surface area contributed by atoms with Crippen molar-refractivity contribution in [3.05, 3.63) is 0 Å². The summed E-state index contributed by atoms with van der Waals surface area (Å²) in [5.41, 5.74) is 0. The lowest BCUT2D eigenvalue weighted by molar-refractivity contribution is -0.141. The largest absolute Gasteiger partial charge is 0.466 e. The van der Waals surface area contributed by atoms with Crippen LogP contribution in [0, 0.1) is 5.92 Å². The van der Waals surface area contributed by atoms with E-state index in [1.165, 1.54) is 6.92 Å². The van der Waals surface area contributed by atoms with Gasteiger partial charge in [-0.3, -0.25) is 4.79 Å². The van der Waals surface area contributed by atoms with Crippen LogP contribution in [0.1, 0.15) is 27.2 Å². The zero-order chi connectivity index (χ0) is 9.40. The lowest BCUT2D eigenvalue weighted by Gasteiger charge is -2.10. The molecule has 72 valence electrons. The van der Waals surface area contributed by atoms with Crippen molar-refractivity contribution in [1.29, 1.82) is 0 Å². The summed E-state index contributed by atoms with van der Waals surface area (Å²) in [4.78, 5) is 10.4. The summed E-state index contributed by atoms with van der Waals surface area (Å²) in [5, 5.41) is 0. The van der Waals surface area contributed by atoms with E-state index in [9.17, 15) is 4.79 Å². The van der Waals surface area contributed by atoms with Crippen LogP contribution in [0.4, 0.5) is 0 Å². The van der Waals surface area contributed by atoms with Crippen LogP contribution in [0.15, 0.2) is 0 Å². The molecule has 0 saturated heterocycles. The van der Waals surface area contributed by atoms with Crippen molar-refractivity contribution < 1.29 is 14.3 Å². The Balaban J connectivity index is 3.19. The number of rotatable bonds is 6. The quantitative estimate of drug-likeness (QED) is 0.574. The van der Waals surface area contributed by atoms with Gasteiger partial charge in [-0.15, -0.1) is 0 Å². The molecule has 0 fully saturated rings. The molecule has 3 heteroatoms.